The van der Waals surface area contributed by atoms with Crippen molar-refractivity contribution < 1.29 is 23.1 Å². The van der Waals surface area contributed by atoms with E-state index in [9.17, 15) is 18.3 Å². The van der Waals surface area contributed by atoms with Crippen molar-refractivity contribution in [1.29, 1.82) is 0 Å². The zero-order valence-electron chi connectivity index (χ0n) is 22.5. The maximum absolute atomic E-state index is 13.0. The molecule has 35 heavy (non-hydrogen) atoms. The number of benzene rings is 1. The summed E-state index contributed by atoms with van der Waals surface area (Å²) in [4.78, 5) is 19.1. The SMILES string of the molecule is Cc1cc(O)cc(C)c1S(=O)(=O)N(C)CCOCC(=O)N(C)C[C@@H]1CC[C@H](N(C)CCN(C)C)C1. The Balaban J connectivity index is 1.75. The van der Waals surface area contributed by atoms with Crippen molar-refractivity contribution in [2.45, 2.75) is 44.0 Å². The van der Waals surface area contributed by atoms with Crippen LogP contribution in [0.2, 0.25) is 0 Å². The van der Waals surface area contributed by atoms with Crippen LogP contribution in [-0.4, -0.2) is 119 Å². The number of phenolic OH excluding ortho intramolecular Hbond substituents is 1. The summed E-state index contributed by atoms with van der Waals surface area (Å²) in [6.45, 7) is 6.30. The Bertz CT molecular complexity index is 930. The number of carbonyl (C=O) groups is 1. The van der Waals surface area contributed by atoms with E-state index >= 15 is 0 Å². The third-order valence-electron chi connectivity index (χ3n) is 6.88. The van der Waals surface area contributed by atoms with E-state index in [0.717, 1.165) is 32.4 Å². The highest BCUT2D eigenvalue weighted by atomic mass is 32.2. The highest BCUT2D eigenvalue weighted by Crippen LogP contribution is 2.29. The van der Waals surface area contributed by atoms with Crippen molar-refractivity contribution in [3.8, 4) is 5.75 Å². The number of sulfonamides is 1. The highest BCUT2D eigenvalue weighted by Gasteiger charge is 2.29. The normalized spacial score (nSPS) is 18.7. The first-order valence-electron chi connectivity index (χ1n) is 12.3. The van der Waals surface area contributed by atoms with Gasteiger partial charge in [0.05, 0.1) is 11.5 Å². The molecule has 0 aromatic heterocycles. The second-order valence-electron chi connectivity index (χ2n) is 10.2. The van der Waals surface area contributed by atoms with Gasteiger partial charge in [0.2, 0.25) is 15.9 Å². The van der Waals surface area contributed by atoms with E-state index in [0.29, 0.717) is 29.6 Å². The summed E-state index contributed by atoms with van der Waals surface area (Å²) in [5, 5.41) is 9.69. The van der Waals surface area contributed by atoms with E-state index in [2.05, 4.69) is 30.9 Å². The number of aryl methyl sites for hydroxylation is 2. The summed E-state index contributed by atoms with van der Waals surface area (Å²) in [5.41, 5.74) is 0.982. The average molecular weight is 513 g/mol. The second kappa shape index (κ2) is 13.0. The van der Waals surface area contributed by atoms with Crippen LogP contribution in [0.15, 0.2) is 17.0 Å². The van der Waals surface area contributed by atoms with E-state index < -0.39 is 10.0 Å². The molecule has 1 saturated carbocycles. The van der Waals surface area contributed by atoms with Crippen molar-refractivity contribution >= 4 is 15.9 Å². The van der Waals surface area contributed by atoms with Gasteiger partial charge in [-0.25, -0.2) is 8.42 Å². The number of hydrogen-bond acceptors (Lipinski definition) is 7. The Morgan fingerprint density at radius 3 is 2.26 bits per heavy atom. The maximum Gasteiger partial charge on any atom is 0.248 e. The first-order chi connectivity index (χ1) is 16.3. The number of likely N-dealkylation sites (N-methyl/N-ethyl adjacent to an activating group) is 4. The maximum atomic E-state index is 13.0. The van der Waals surface area contributed by atoms with Gasteiger partial charge in [-0.2, -0.15) is 4.31 Å². The summed E-state index contributed by atoms with van der Waals surface area (Å²) in [6, 6.07) is 3.44. The zero-order valence-corrected chi connectivity index (χ0v) is 23.3. The van der Waals surface area contributed by atoms with Gasteiger partial charge in [-0.15, -0.1) is 0 Å². The van der Waals surface area contributed by atoms with Crippen LogP contribution in [0.3, 0.4) is 0 Å². The number of ether oxygens (including phenoxy) is 1. The van der Waals surface area contributed by atoms with Gasteiger partial charge in [0.25, 0.3) is 0 Å². The molecule has 0 spiro atoms. The number of aromatic hydroxyl groups is 1. The first kappa shape index (κ1) is 29.5. The van der Waals surface area contributed by atoms with E-state index in [-0.39, 0.29) is 36.3 Å². The van der Waals surface area contributed by atoms with Crippen molar-refractivity contribution in [2.24, 2.45) is 5.92 Å². The molecule has 10 heteroatoms. The van der Waals surface area contributed by atoms with Crippen molar-refractivity contribution in [3.05, 3.63) is 23.3 Å². The topological polar surface area (TPSA) is 93.6 Å². The summed E-state index contributed by atoms with van der Waals surface area (Å²) >= 11 is 0. The molecule has 1 aromatic carbocycles. The van der Waals surface area contributed by atoms with Crippen LogP contribution in [0.5, 0.6) is 5.75 Å². The Labute approximate surface area is 211 Å². The fraction of sp³-hybridized carbons (Fsp3) is 0.720. The molecular formula is C25H44N4O5S. The van der Waals surface area contributed by atoms with E-state index in [1.807, 2.05) is 7.05 Å². The summed E-state index contributed by atoms with van der Waals surface area (Å²) < 4.78 is 32.7. The van der Waals surface area contributed by atoms with E-state index in [1.54, 1.807) is 18.7 Å². The van der Waals surface area contributed by atoms with Gasteiger partial charge in [0.15, 0.2) is 0 Å². The van der Waals surface area contributed by atoms with Crippen LogP contribution in [-0.2, 0) is 19.6 Å². The average Bonchev–Trinajstić information content (AvgIpc) is 3.22. The monoisotopic (exact) mass is 512 g/mol. The Morgan fingerprint density at radius 2 is 1.66 bits per heavy atom. The van der Waals surface area contributed by atoms with Gasteiger partial charge >= 0.3 is 0 Å². The van der Waals surface area contributed by atoms with E-state index in [1.165, 1.54) is 23.5 Å². The highest BCUT2D eigenvalue weighted by molar-refractivity contribution is 7.89. The summed E-state index contributed by atoms with van der Waals surface area (Å²) in [7, 11) is 5.92. The minimum atomic E-state index is -3.73. The van der Waals surface area contributed by atoms with Crippen LogP contribution in [0.25, 0.3) is 0 Å². The zero-order chi connectivity index (χ0) is 26.3. The van der Waals surface area contributed by atoms with Gasteiger partial charge in [0, 0.05) is 46.3 Å². The molecule has 1 amide bonds. The van der Waals surface area contributed by atoms with Crippen molar-refractivity contribution in [1.82, 2.24) is 19.0 Å². The fourth-order valence-corrected chi connectivity index (χ4v) is 6.28. The smallest absolute Gasteiger partial charge is 0.248 e. The van der Waals surface area contributed by atoms with E-state index in [4.69, 9.17) is 4.74 Å². The third-order valence-corrected chi connectivity index (χ3v) is 9.05. The lowest BCUT2D eigenvalue weighted by atomic mass is 10.1. The van der Waals surface area contributed by atoms with Gasteiger partial charge in [0.1, 0.15) is 12.4 Å². The van der Waals surface area contributed by atoms with Crippen LogP contribution in [0.4, 0.5) is 0 Å². The van der Waals surface area contributed by atoms with Crippen LogP contribution in [0, 0.1) is 19.8 Å². The Kier molecular flexibility index (Phi) is 11.0. The first-order valence-corrected chi connectivity index (χ1v) is 13.7. The molecule has 0 bridgehead atoms. The molecule has 0 saturated heterocycles. The second-order valence-corrected chi connectivity index (χ2v) is 12.2. The Hall–Kier alpha value is -1.72. The molecule has 1 N–H and O–H groups in total. The molecule has 1 fully saturated rings. The van der Waals surface area contributed by atoms with Gasteiger partial charge in [-0.05, 0) is 83.4 Å². The molecule has 1 aliphatic rings. The minimum absolute atomic E-state index is 0.0389. The largest absolute Gasteiger partial charge is 0.508 e. The van der Waals surface area contributed by atoms with Crippen LogP contribution in [0.1, 0.15) is 30.4 Å². The molecular weight excluding hydrogens is 468 g/mol. The minimum Gasteiger partial charge on any atom is -0.508 e. The Morgan fingerprint density at radius 1 is 1.03 bits per heavy atom. The third kappa shape index (κ3) is 8.42. The lowest BCUT2D eigenvalue weighted by molar-refractivity contribution is -0.135. The number of rotatable bonds is 13. The lowest BCUT2D eigenvalue weighted by Gasteiger charge is -2.26. The predicted octanol–water partition coefficient (Wildman–Crippen LogP) is 1.77. The molecule has 0 aliphatic heterocycles. The molecule has 0 unspecified atom stereocenters. The molecule has 0 heterocycles. The van der Waals surface area contributed by atoms with Gasteiger partial charge in [-0.3, -0.25) is 4.79 Å². The molecule has 0 radical (unpaired) electrons. The molecule has 1 aromatic rings. The number of amides is 1. The number of hydrogen-bond donors (Lipinski definition) is 1. The molecule has 9 nitrogen and oxygen atoms in total. The van der Waals surface area contributed by atoms with Crippen LogP contribution >= 0.6 is 0 Å². The van der Waals surface area contributed by atoms with Crippen molar-refractivity contribution in [3.63, 3.8) is 0 Å². The van der Waals surface area contributed by atoms with Crippen LogP contribution < -0.4 is 0 Å². The summed E-state index contributed by atoms with van der Waals surface area (Å²) in [5.74, 6) is 0.436. The molecule has 2 atom stereocenters. The van der Waals surface area contributed by atoms with Gasteiger partial charge < -0.3 is 24.5 Å². The quantitative estimate of drug-likeness (QED) is 0.403. The number of nitrogens with zero attached hydrogens (tertiary/aromatic N) is 4. The lowest BCUT2D eigenvalue weighted by Crippen LogP contribution is -2.37. The van der Waals surface area contributed by atoms with Gasteiger partial charge in [-0.1, -0.05) is 0 Å². The number of phenols is 1. The molecule has 200 valence electrons. The summed E-state index contributed by atoms with van der Waals surface area (Å²) in [6.07, 6.45) is 3.38. The fourth-order valence-electron chi connectivity index (χ4n) is 4.72. The standard InChI is InChI=1S/C25H44N4O5S/c1-19-14-23(30)15-20(2)25(19)35(32,33)29(7)12-13-34-18-24(31)28(6)17-21-8-9-22(16-21)27(5)11-10-26(3)4/h14-15,21-22,30H,8-13,16-18H2,1-7H3/t21-,22+/m1/s1. The molecule has 1 aliphatic carbocycles. The number of carbonyl (C=O) groups excluding carboxylic acids is 1. The van der Waals surface area contributed by atoms with Crippen molar-refractivity contribution in [2.75, 3.05) is 74.6 Å². The molecule has 2 rings (SSSR count). The predicted molar refractivity (Wildman–Crippen MR) is 138 cm³/mol.